The number of carbonyl (C=O) groups excluding carboxylic acids is 2. The van der Waals surface area contributed by atoms with Gasteiger partial charge in [-0.2, -0.15) is 0 Å². The molecule has 1 rings (SSSR count). The molecule has 0 saturated carbocycles. The first-order valence-electron chi connectivity index (χ1n) is 7.24. The van der Waals surface area contributed by atoms with Gasteiger partial charge >= 0.3 is 0 Å². The van der Waals surface area contributed by atoms with Crippen molar-refractivity contribution in [1.82, 2.24) is 10.6 Å². The zero-order valence-electron chi connectivity index (χ0n) is 13.6. The first-order valence-corrected chi connectivity index (χ1v) is 7.62. The van der Waals surface area contributed by atoms with E-state index in [1.807, 2.05) is 0 Å². The second-order valence-corrected chi connectivity index (χ2v) is 6.79. The average Bonchev–Trinajstić information content (AvgIpc) is 2.46. The topological polar surface area (TPSA) is 78.4 Å². The number of halogens is 2. The Morgan fingerprint density at radius 2 is 1.96 bits per heavy atom. The molecule has 2 amide bonds. The van der Waals surface area contributed by atoms with Gasteiger partial charge in [0.05, 0.1) is 11.1 Å². The summed E-state index contributed by atoms with van der Waals surface area (Å²) in [5.74, 6) is -1.32. The minimum Gasteiger partial charge on any atom is -0.387 e. The monoisotopic (exact) mass is 344 g/mol. The largest absolute Gasteiger partial charge is 0.387 e. The van der Waals surface area contributed by atoms with Crippen LogP contribution >= 0.6 is 11.6 Å². The molecule has 0 aliphatic heterocycles. The normalized spacial score (nSPS) is 14.0. The zero-order valence-corrected chi connectivity index (χ0v) is 14.4. The molecule has 0 saturated heterocycles. The van der Waals surface area contributed by atoms with Gasteiger partial charge in [0.15, 0.2) is 0 Å². The van der Waals surface area contributed by atoms with Crippen molar-refractivity contribution >= 4 is 23.4 Å². The summed E-state index contributed by atoms with van der Waals surface area (Å²) in [6, 6.07) is 3.19. The molecule has 5 nitrogen and oxygen atoms in total. The van der Waals surface area contributed by atoms with E-state index in [1.165, 1.54) is 12.1 Å². The Morgan fingerprint density at radius 1 is 1.35 bits per heavy atom. The number of aliphatic hydroxyl groups excluding tert-OH is 1. The molecule has 0 aromatic heterocycles. The molecule has 1 aromatic rings. The predicted molar refractivity (Wildman–Crippen MR) is 86.4 cm³/mol. The molecule has 0 radical (unpaired) electrons. The SMILES string of the molecule is CC(NC(=O)C(C)(C)C)C(=O)NCC(O)c1ccc(Cl)c(F)c1. The number of hydrogen-bond acceptors (Lipinski definition) is 3. The molecule has 0 spiro atoms. The smallest absolute Gasteiger partial charge is 0.242 e. The predicted octanol–water partition coefficient (Wildman–Crippen LogP) is 2.18. The van der Waals surface area contributed by atoms with Crippen molar-refractivity contribution in [3.8, 4) is 0 Å². The Morgan fingerprint density at radius 3 is 2.48 bits per heavy atom. The Labute approximate surface area is 140 Å². The van der Waals surface area contributed by atoms with Gasteiger partial charge in [0.1, 0.15) is 11.9 Å². The molecule has 7 heteroatoms. The summed E-state index contributed by atoms with van der Waals surface area (Å²) in [5, 5.41) is 15.0. The van der Waals surface area contributed by atoms with Crippen LogP contribution in [-0.2, 0) is 9.59 Å². The van der Waals surface area contributed by atoms with Gasteiger partial charge in [-0.05, 0) is 24.6 Å². The van der Waals surface area contributed by atoms with Crippen LogP contribution in [0.2, 0.25) is 5.02 Å². The third-order valence-electron chi connectivity index (χ3n) is 3.22. The summed E-state index contributed by atoms with van der Waals surface area (Å²) in [6.45, 7) is 6.67. The molecule has 3 N–H and O–H groups in total. The molecule has 1 aromatic carbocycles. The Kier molecular flexibility index (Phi) is 6.53. The number of rotatable bonds is 5. The highest BCUT2D eigenvalue weighted by Crippen LogP contribution is 2.20. The maximum atomic E-state index is 13.3. The minimum absolute atomic E-state index is 0.0384. The molecule has 128 valence electrons. The molecule has 0 heterocycles. The van der Waals surface area contributed by atoms with Gasteiger partial charge in [-0.3, -0.25) is 9.59 Å². The van der Waals surface area contributed by atoms with Crippen molar-refractivity contribution in [2.75, 3.05) is 6.54 Å². The van der Waals surface area contributed by atoms with Crippen molar-refractivity contribution in [2.45, 2.75) is 39.8 Å². The fourth-order valence-electron chi connectivity index (χ4n) is 1.67. The molecule has 0 aliphatic rings. The fourth-order valence-corrected chi connectivity index (χ4v) is 1.78. The van der Waals surface area contributed by atoms with E-state index in [0.29, 0.717) is 5.56 Å². The second kappa shape index (κ2) is 7.75. The highest BCUT2D eigenvalue weighted by molar-refractivity contribution is 6.30. The van der Waals surface area contributed by atoms with Crippen molar-refractivity contribution in [1.29, 1.82) is 0 Å². The molecule has 0 bridgehead atoms. The summed E-state index contributed by atoms with van der Waals surface area (Å²) < 4.78 is 13.3. The minimum atomic E-state index is -1.07. The lowest BCUT2D eigenvalue weighted by molar-refractivity contribution is -0.133. The van der Waals surface area contributed by atoms with Gasteiger partial charge in [-0.1, -0.05) is 38.4 Å². The molecule has 2 atom stereocenters. The van der Waals surface area contributed by atoms with Crippen LogP contribution in [-0.4, -0.2) is 29.5 Å². The standard InChI is InChI=1S/C16H22ClFN2O3/c1-9(20-15(23)16(2,3)4)14(22)19-8-13(21)10-5-6-11(17)12(18)7-10/h5-7,9,13,21H,8H2,1-4H3,(H,19,22)(H,20,23). The van der Waals surface area contributed by atoms with Gasteiger partial charge in [0.2, 0.25) is 11.8 Å². The average molecular weight is 345 g/mol. The first-order chi connectivity index (χ1) is 10.5. The van der Waals surface area contributed by atoms with E-state index in [1.54, 1.807) is 27.7 Å². The van der Waals surface area contributed by atoms with Crippen LogP contribution in [0.3, 0.4) is 0 Å². The lowest BCUT2D eigenvalue weighted by Gasteiger charge is -2.22. The van der Waals surface area contributed by atoms with Crippen molar-refractivity contribution in [2.24, 2.45) is 5.41 Å². The Hall–Kier alpha value is -1.66. The highest BCUT2D eigenvalue weighted by Gasteiger charge is 2.25. The van der Waals surface area contributed by atoms with E-state index < -0.39 is 29.3 Å². The van der Waals surface area contributed by atoms with Crippen molar-refractivity contribution in [3.05, 3.63) is 34.6 Å². The summed E-state index contributed by atoms with van der Waals surface area (Å²) in [6.07, 6.45) is -1.07. The summed E-state index contributed by atoms with van der Waals surface area (Å²) in [5.41, 5.74) is -0.298. The number of benzene rings is 1. The number of hydrogen-bond donors (Lipinski definition) is 3. The summed E-state index contributed by atoms with van der Waals surface area (Å²) in [4.78, 5) is 23.7. The van der Waals surface area contributed by atoms with Gasteiger partial charge in [-0.15, -0.1) is 0 Å². The Bertz CT molecular complexity index is 587. The van der Waals surface area contributed by atoms with E-state index in [-0.39, 0.29) is 17.5 Å². The third-order valence-corrected chi connectivity index (χ3v) is 3.53. The third kappa shape index (κ3) is 5.80. The van der Waals surface area contributed by atoms with Crippen LogP contribution in [0.25, 0.3) is 0 Å². The summed E-state index contributed by atoms with van der Waals surface area (Å²) in [7, 11) is 0. The van der Waals surface area contributed by atoms with E-state index in [9.17, 15) is 19.1 Å². The fraction of sp³-hybridized carbons (Fsp3) is 0.500. The number of nitrogens with one attached hydrogen (secondary N) is 2. The van der Waals surface area contributed by atoms with Crippen LogP contribution in [0.4, 0.5) is 4.39 Å². The van der Waals surface area contributed by atoms with E-state index in [4.69, 9.17) is 11.6 Å². The molecular formula is C16H22ClFN2O3. The number of aliphatic hydroxyl groups is 1. The van der Waals surface area contributed by atoms with Gasteiger partial charge in [-0.25, -0.2) is 4.39 Å². The van der Waals surface area contributed by atoms with Gasteiger partial charge in [0.25, 0.3) is 0 Å². The van der Waals surface area contributed by atoms with E-state index in [0.717, 1.165) is 6.07 Å². The molecule has 23 heavy (non-hydrogen) atoms. The van der Waals surface area contributed by atoms with Gasteiger partial charge < -0.3 is 15.7 Å². The molecule has 0 fully saturated rings. The van der Waals surface area contributed by atoms with E-state index in [2.05, 4.69) is 10.6 Å². The van der Waals surface area contributed by atoms with Crippen molar-refractivity contribution in [3.63, 3.8) is 0 Å². The van der Waals surface area contributed by atoms with Crippen LogP contribution in [0.1, 0.15) is 39.4 Å². The maximum absolute atomic E-state index is 13.3. The number of amides is 2. The highest BCUT2D eigenvalue weighted by atomic mass is 35.5. The van der Waals surface area contributed by atoms with Crippen LogP contribution in [0.15, 0.2) is 18.2 Å². The van der Waals surface area contributed by atoms with Gasteiger partial charge in [0, 0.05) is 12.0 Å². The molecule has 2 unspecified atom stereocenters. The van der Waals surface area contributed by atoms with Crippen LogP contribution < -0.4 is 10.6 Å². The quantitative estimate of drug-likeness (QED) is 0.766. The van der Waals surface area contributed by atoms with Crippen molar-refractivity contribution < 1.29 is 19.1 Å². The first kappa shape index (κ1) is 19.4. The molecule has 0 aliphatic carbocycles. The van der Waals surface area contributed by atoms with E-state index >= 15 is 0 Å². The summed E-state index contributed by atoms with van der Waals surface area (Å²) >= 11 is 5.57. The van der Waals surface area contributed by atoms with Crippen LogP contribution in [0, 0.1) is 11.2 Å². The van der Waals surface area contributed by atoms with Crippen LogP contribution in [0.5, 0.6) is 0 Å². The lowest BCUT2D eigenvalue weighted by atomic mass is 9.95. The lowest BCUT2D eigenvalue weighted by Crippen LogP contribution is -2.48. The number of carbonyl (C=O) groups is 2. The molecular weight excluding hydrogens is 323 g/mol. The Balaban J connectivity index is 2.54. The second-order valence-electron chi connectivity index (χ2n) is 6.38. The maximum Gasteiger partial charge on any atom is 0.242 e. The zero-order chi connectivity index (χ0) is 17.8.